The molecule has 3 rings (SSSR count). The van der Waals surface area contributed by atoms with E-state index in [-0.39, 0.29) is 0 Å². The van der Waals surface area contributed by atoms with Crippen molar-refractivity contribution in [1.82, 2.24) is 9.55 Å². The lowest BCUT2D eigenvalue weighted by atomic mass is 10.3. The normalized spacial score (nSPS) is 11.3. The van der Waals surface area contributed by atoms with E-state index < -0.39 is 0 Å². The third kappa shape index (κ3) is 2.44. The number of para-hydroxylation sites is 3. The van der Waals surface area contributed by atoms with Gasteiger partial charge in [-0.3, -0.25) is 5.43 Å². The molecule has 0 saturated carbocycles. The molecule has 2 aromatic carbocycles. The van der Waals surface area contributed by atoms with Gasteiger partial charge in [0.05, 0.1) is 22.9 Å². The first-order chi connectivity index (χ1) is 9.75. The molecule has 0 atom stereocenters. The number of rotatable bonds is 3. The van der Waals surface area contributed by atoms with Gasteiger partial charge >= 0.3 is 0 Å². The van der Waals surface area contributed by atoms with Gasteiger partial charge in [0, 0.05) is 11.5 Å². The molecule has 0 unspecified atom stereocenters. The maximum absolute atomic E-state index is 4.53. The number of hydrogen-bond donors (Lipinski definition) is 1. The van der Waals surface area contributed by atoms with Crippen molar-refractivity contribution in [2.75, 3.05) is 5.43 Å². The predicted molar refractivity (Wildman–Crippen MR) is 86.1 cm³/mol. The maximum atomic E-state index is 4.53. The number of fused-ring (bicyclic) bond motifs is 1. The molecule has 0 spiro atoms. The summed E-state index contributed by atoms with van der Waals surface area (Å²) in [4.78, 5) is 4.53. The van der Waals surface area contributed by atoms with E-state index in [2.05, 4.69) is 31.4 Å². The Morgan fingerprint density at radius 3 is 2.70 bits per heavy atom. The van der Waals surface area contributed by atoms with Crippen LogP contribution in [0.5, 0.6) is 0 Å². The van der Waals surface area contributed by atoms with Crippen LogP contribution in [0.3, 0.4) is 0 Å². The third-order valence-electron chi connectivity index (χ3n) is 3.06. The van der Waals surface area contributed by atoms with Crippen molar-refractivity contribution in [3.05, 3.63) is 58.8 Å². The van der Waals surface area contributed by atoms with Crippen LogP contribution >= 0.6 is 15.9 Å². The van der Waals surface area contributed by atoms with Crippen molar-refractivity contribution >= 4 is 38.9 Å². The van der Waals surface area contributed by atoms with Crippen LogP contribution < -0.4 is 5.43 Å². The molecule has 4 nitrogen and oxygen atoms in total. The van der Waals surface area contributed by atoms with Crippen LogP contribution in [-0.2, 0) is 7.05 Å². The Bertz CT molecular complexity index is 776. The summed E-state index contributed by atoms with van der Waals surface area (Å²) in [6.45, 7) is 0. The van der Waals surface area contributed by atoms with Gasteiger partial charge in [0.15, 0.2) is 5.82 Å². The first kappa shape index (κ1) is 12.9. The van der Waals surface area contributed by atoms with Gasteiger partial charge in [0.25, 0.3) is 0 Å². The highest BCUT2D eigenvalue weighted by atomic mass is 79.9. The van der Waals surface area contributed by atoms with Gasteiger partial charge in [-0.15, -0.1) is 0 Å². The average molecular weight is 329 g/mol. The lowest BCUT2D eigenvalue weighted by Crippen LogP contribution is -1.98. The van der Waals surface area contributed by atoms with Crippen molar-refractivity contribution in [2.24, 2.45) is 12.1 Å². The van der Waals surface area contributed by atoms with Crippen molar-refractivity contribution in [3.63, 3.8) is 0 Å². The molecule has 5 heteroatoms. The van der Waals surface area contributed by atoms with Crippen LogP contribution in [0.2, 0.25) is 0 Å². The summed E-state index contributed by atoms with van der Waals surface area (Å²) in [7, 11) is 1.98. The third-order valence-corrected chi connectivity index (χ3v) is 3.75. The smallest absolute Gasteiger partial charge is 0.153 e. The van der Waals surface area contributed by atoms with Crippen LogP contribution in [0, 0.1) is 0 Å². The van der Waals surface area contributed by atoms with Crippen molar-refractivity contribution in [3.8, 4) is 0 Å². The Morgan fingerprint density at radius 1 is 1.15 bits per heavy atom. The molecule has 100 valence electrons. The van der Waals surface area contributed by atoms with Gasteiger partial charge in [0.1, 0.15) is 0 Å². The van der Waals surface area contributed by atoms with Crippen molar-refractivity contribution < 1.29 is 0 Å². The zero-order valence-electron chi connectivity index (χ0n) is 10.9. The number of hydrogen-bond acceptors (Lipinski definition) is 3. The number of benzene rings is 2. The topological polar surface area (TPSA) is 42.2 Å². The quantitative estimate of drug-likeness (QED) is 0.587. The number of halogens is 1. The van der Waals surface area contributed by atoms with E-state index in [0.29, 0.717) is 0 Å². The first-order valence-corrected chi connectivity index (χ1v) is 7.00. The van der Waals surface area contributed by atoms with Crippen LogP contribution in [0.15, 0.2) is 58.1 Å². The molecule has 0 aliphatic carbocycles. The summed E-state index contributed by atoms with van der Waals surface area (Å²) in [6, 6.07) is 15.9. The SMILES string of the molecule is Cn1c(/C=N/Nc2ccccc2Br)nc2ccccc21. The molecule has 0 saturated heterocycles. The first-order valence-electron chi connectivity index (χ1n) is 6.21. The number of hydrazone groups is 1. The lowest BCUT2D eigenvalue weighted by molar-refractivity contribution is 0.934. The number of aromatic nitrogens is 2. The second kappa shape index (κ2) is 5.46. The van der Waals surface area contributed by atoms with Gasteiger partial charge in [-0.25, -0.2) is 4.98 Å². The molecule has 1 heterocycles. The van der Waals surface area contributed by atoms with Crippen molar-refractivity contribution in [2.45, 2.75) is 0 Å². The van der Waals surface area contributed by atoms with E-state index in [4.69, 9.17) is 0 Å². The summed E-state index contributed by atoms with van der Waals surface area (Å²) in [6.07, 6.45) is 1.72. The van der Waals surface area contributed by atoms with Crippen LogP contribution in [0.25, 0.3) is 11.0 Å². The Morgan fingerprint density at radius 2 is 1.90 bits per heavy atom. The summed E-state index contributed by atoms with van der Waals surface area (Å²) in [5.41, 5.74) is 5.98. The number of nitrogens with one attached hydrogen (secondary N) is 1. The van der Waals surface area contributed by atoms with E-state index in [9.17, 15) is 0 Å². The van der Waals surface area contributed by atoms with Crippen LogP contribution in [0.4, 0.5) is 5.69 Å². The summed E-state index contributed by atoms with van der Waals surface area (Å²) in [5, 5.41) is 4.24. The standard InChI is InChI=1S/C15H13BrN4/c1-20-14-9-5-4-8-13(14)18-15(20)10-17-19-12-7-3-2-6-11(12)16/h2-10,19H,1H3/b17-10+. The zero-order valence-corrected chi connectivity index (χ0v) is 12.5. The molecule has 1 aromatic heterocycles. The van der Waals surface area contributed by atoms with Crippen molar-refractivity contribution in [1.29, 1.82) is 0 Å². The molecule has 20 heavy (non-hydrogen) atoms. The molecule has 3 aromatic rings. The zero-order chi connectivity index (χ0) is 13.9. The fourth-order valence-corrected chi connectivity index (χ4v) is 2.36. The maximum Gasteiger partial charge on any atom is 0.153 e. The number of anilines is 1. The van der Waals surface area contributed by atoms with Gasteiger partial charge in [-0.1, -0.05) is 24.3 Å². The highest BCUT2D eigenvalue weighted by molar-refractivity contribution is 9.10. The van der Waals surface area contributed by atoms with Crippen LogP contribution in [0.1, 0.15) is 5.82 Å². The molecule has 0 fully saturated rings. The van der Waals surface area contributed by atoms with Gasteiger partial charge < -0.3 is 4.57 Å². The molecule has 0 bridgehead atoms. The summed E-state index contributed by atoms with van der Waals surface area (Å²) in [5.74, 6) is 0.811. The molecule has 1 N–H and O–H groups in total. The van der Waals surface area contributed by atoms with Gasteiger partial charge in [-0.05, 0) is 40.2 Å². The van der Waals surface area contributed by atoms with E-state index >= 15 is 0 Å². The fourth-order valence-electron chi connectivity index (χ4n) is 1.99. The van der Waals surface area contributed by atoms with Crippen LogP contribution in [-0.4, -0.2) is 15.8 Å². The minimum absolute atomic E-state index is 0.811. The van der Waals surface area contributed by atoms with E-state index in [1.54, 1.807) is 6.21 Å². The predicted octanol–water partition coefficient (Wildman–Crippen LogP) is 3.78. The monoisotopic (exact) mass is 328 g/mol. The minimum Gasteiger partial charge on any atom is -0.326 e. The summed E-state index contributed by atoms with van der Waals surface area (Å²) < 4.78 is 2.99. The fraction of sp³-hybridized carbons (Fsp3) is 0.0667. The Balaban J connectivity index is 1.84. The molecular weight excluding hydrogens is 316 g/mol. The number of aryl methyl sites for hydroxylation is 1. The van der Waals surface area contributed by atoms with Gasteiger partial charge in [-0.2, -0.15) is 5.10 Å². The Hall–Kier alpha value is -2.14. The molecule has 0 aliphatic rings. The molecular formula is C15H13BrN4. The molecule has 0 radical (unpaired) electrons. The Labute approximate surface area is 125 Å². The highest BCUT2D eigenvalue weighted by Gasteiger charge is 2.04. The largest absolute Gasteiger partial charge is 0.326 e. The minimum atomic E-state index is 0.811. The highest BCUT2D eigenvalue weighted by Crippen LogP contribution is 2.21. The van der Waals surface area contributed by atoms with Gasteiger partial charge in [0.2, 0.25) is 0 Å². The Kier molecular flexibility index (Phi) is 3.52. The second-order valence-electron chi connectivity index (χ2n) is 4.37. The summed E-state index contributed by atoms with van der Waals surface area (Å²) >= 11 is 3.47. The second-order valence-corrected chi connectivity index (χ2v) is 5.22. The van der Waals surface area contributed by atoms with E-state index in [1.807, 2.05) is 60.1 Å². The van der Waals surface area contributed by atoms with E-state index in [1.165, 1.54) is 0 Å². The average Bonchev–Trinajstić information content (AvgIpc) is 2.78. The van der Waals surface area contributed by atoms with E-state index in [0.717, 1.165) is 27.0 Å². The number of imidazole rings is 1. The molecule has 0 amide bonds. The number of nitrogens with zero attached hydrogens (tertiary/aromatic N) is 3. The lowest BCUT2D eigenvalue weighted by Gasteiger charge is -2.02. The molecule has 0 aliphatic heterocycles.